The summed E-state index contributed by atoms with van der Waals surface area (Å²) in [5, 5.41) is 0.796. The molecule has 1 aliphatic carbocycles. The first-order valence-electron chi connectivity index (χ1n) is 9.55. The number of ether oxygens (including phenoxy) is 2. The van der Waals surface area contributed by atoms with Gasteiger partial charge in [0.1, 0.15) is 17.9 Å². The van der Waals surface area contributed by atoms with Crippen molar-refractivity contribution in [2.75, 3.05) is 7.11 Å². The van der Waals surface area contributed by atoms with Crippen molar-refractivity contribution in [1.82, 2.24) is 4.57 Å². The Morgan fingerprint density at radius 3 is 2.52 bits per heavy atom. The Labute approximate surface area is 173 Å². The van der Waals surface area contributed by atoms with Gasteiger partial charge in [0.15, 0.2) is 0 Å². The van der Waals surface area contributed by atoms with Gasteiger partial charge in [-0.1, -0.05) is 23.7 Å². The van der Waals surface area contributed by atoms with Crippen LogP contribution in [0.15, 0.2) is 41.3 Å². The fourth-order valence-corrected chi connectivity index (χ4v) is 3.76. The molecule has 1 heterocycles. The molecule has 0 atom stereocenters. The Morgan fingerprint density at radius 1 is 1.21 bits per heavy atom. The number of hydrogen-bond donors (Lipinski definition) is 0. The Morgan fingerprint density at radius 2 is 1.90 bits per heavy atom. The first-order valence-corrected chi connectivity index (χ1v) is 9.93. The summed E-state index contributed by atoms with van der Waals surface area (Å²) in [5.74, 6) is 0.0821. The average molecular weight is 412 g/mol. The van der Waals surface area contributed by atoms with Gasteiger partial charge in [0.25, 0.3) is 0 Å². The number of aryl methyl sites for hydroxylation is 1. The molecule has 29 heavy (non-hydrogen) atoms. The summed E-state index contributed by atoms with van der Waals surface area (Å²) in [4.78, 5) is 25.9. The number of carbonyl (C=O) groups is 1. The number of methoxy groups -OCH3 is 1. The Balaban J connectivity index is 1.72. The van der Waals surface area contributed by atoms with Crippen molar-refractivity contribution < 1.29 is 14.3 Å². The lowest BCUT2D eigenvalue weighted by Crippen LogP contribution is -2.21. The predicted molar refractivity (Wildman–Crippen MR) is 113 cm³/mol. The number of hydrogen-bond acceptors (Lipinski definition) is 4. The summed E-state index contributed by atoms with van der Waals surface area (Å²) in [6.45, 7) is 3.93. The monoisotopic (exact) mass is 411 g/mol. The van der Waals surface area contributed by atoms with Crippen LogP contribution in [0, 0.1) is 13.8 Å². The second-order valence-corrected chi connectivity index (χ2v) is 7.84. The van der Waals surface area contributed by atoms with Gasteiger partial charge in [0.2, 0.25) is 5.43 Å². The van der Waals surface area contributed by atoms with Crippen LogP contribution in [0.2, 0.25) is 5.02 Å². The van der Waals surface area contributed by atoms with E-state index in [9.17, 15) is 9.59 Å². The van der Waals surface area contributed by atoms with Gasteiger partial charge in [-0.05, 0) is 61.6 Å². The number of benzene rings is 2. The van der Waals surface area contributed by atoms with Gasteiger partial charge >= 0.3 is 5.97 Å². The topological polar surface area (TPSA) is 57.5 Å². The van der Waals surface area contributed by atoms with Crippen LogP contribution < -0.4 is 10.2 Å². The van der Waals surface area contributed by atoms with Gasteiger partial charge in [0.05, 0.1) is 23.0 Å². The van der Waals surface area contributed by atoms with E-state index in [1.165, 1.54) is 0 Å². The Kier molecular flexibility index (Phi) is 5.09. The highest BCUT2D eigenvalue weighted by Crippen LogP contribution is 2.39. The van der Waals surface area contributed by atoms with Crippen LogP contribution in [0.5, 0.6) is 5.75 Å². The van der Waals surface area contributed by atoms with Crippen LogP contribution in [0.25, 0.3) is 10.9 Å². The largest absolute Gasteiger partial charge is 0.497 e. The molecule has 1 aromatic heterocycles. The van der Waals surface area contributed by atoms with Gasteiger partial charge in [-0.15, -0.1) is 0 Å². The average Bonchev–Trinajstić information content (AvgIpc) is 3.56. The highest BCUT2D eigenvalue weighted by atomic mass is 35.5. The number of rotatable bonds is 5. The summed E-state index contributed by atoms with van der Waals surface area (Å²) in [6, 6.07) is 9.48. The molecule has 6 heteroatoms. The highest BCUT2D eigenvalue weighted by Gasteiger charge is 2.28. The molecule has 1 aliphatic rings. The molecule has 150 valence electrons. The van der Waals surface area contributed by atoms with Crippen LogP contribution in [-0.2, 0) is 11.3 Å². The third-order valence-electron chi connectivity index (χ3n) is 5.46. The molecule has 1 fully saturated rings. The van der Waals surface area contributed by atoms with E-state index in [1.54, 1.807) is 25.4 Å². The molecule has 0 radical (unpaired) electrons. The van der Waals surface area contributed by atoms with Crippen molar-refractivity contribution >= 4 is 28.5 Å². The summed E-state index contributed by atoms with van der Waals surface area (Å²) < 4.78 is 12.6. The van der Waals surface area contributed by atoms with Gasteiger partial charge in [-0.3, -0.25) is 4.79 Å². The van der Waals surface area contributed by atoms with E-state index >= 15 is 0 Å². The number of halogens is 1. The smallest absolute Gasteiger partial charge is 0.344 e. The quantitative estimate of drug-likeness (QED) is 0.556. The van der Waals surface area contributed by atoms with Crippen LogP contribution in [0.4, 0.5) is 0 Å². The molecule has 5 nitrogen and oxygen atoms in total. The van der Waals surface area contributed by atoms with Crippen LogP contribution in [-0.4, -0.2) is 17.6 Å². The van der Waals surface area contributed by atoms with Crippen LogP contribution >= 0.6 is 11.6 Å². The third kappa shape index (κ3) is 3.62. The predicted octanol–water partition coefficient (Wildman–Crippen LogP) is 4.97. The first kappa shape index (κ1) is 19.5. The summed E-state index contributed by atoms with van der Waals surface area (Å²) >= 11 is 6.53. The lowest BCUT2D eigenvalue weighted by Gasteiger charge is -2.16. The van der Waals surface area contributed by atoms with E-state index in [0.717, 1.165) is 40.8 Å². The minimum atomic E-state index is -0.642. The molecule has 0 saturated heterocycles. The number of fused-ring (bicyclic) bond motifs is 1. The fraction of sp³-hybridized carbons (Fsp3) is 0.304. The fourth-order valence-electron chi connectivity index (χ4n) is 3.43. The third-order valence-corrected chi connectivity index (χ3v) is 5.93. The number of pyridine rings is 1. The van der Waals surface area contributed by atoms with Crippen molar-refractivity contribution in [2.45, 2.75) is 39.3 Å². The zero-order valence-corrected chi connectivity index (χ0v) is 17.4. The number of esters is 1. The van der Waals surface area contributed by atoms with Crippen LogP contribution in [0.1, 0.15) is 45.9 Å². The van der Waals surface area contributed by atoms with Crippen LogP contribution in [0.3, 0.4) is 0 Å². The molecule has 0 spiro atoms. The molecule has 0 bridgehead atoms. The second kappa shape index (κ2) is 7.56. The maximum atomic E-state index is 13.1. The summed E-state index contributed by atoms with van der Waals surface area (Å²) in [7, 11) is 1.59. The molecule has 0 amide bonds. The maximum Gasteiger partial charge on any atom is 0.344 e. The van der Waals surface area contributed by atoms with Crippen molar-refractivity contribution in [3.63, 3.8) is 0 Å². The lowest BCUT2D eigenvalue weighted by atomic mass is 10.0. The zero-order chi connectivity index (χ0) is 20.7. The molecule has 3 aromatic rings. The standard InChI is InChI=1S/C23H22ClNO4/c1-13-10-19-20(21(24)14(13)2)22(26)18(11-25(19)16-6-7-16)23(27)29-12-15-4-8-17(28-3)9-5-15/h4-5,8-11,16H,6-7,12H2,1-3H3. The van der Waals surface area contributed by atoms with E-state index in [1.807, 2.05) is 36.6 Å². The maximum absolute atomic E-state index is 13.1. The number of aromatic nitrogens is 1. The second-order valence-electron chi connectivity index (χ2n) is 7.46. The number of carbonyl (C=O) groups excluding carboxylic acids is 1. The Hall–Kier alpha value is -2.79. The van der Waals surface area contributed by atoms with Gasteiger partial charge in [-0.25, -0.2) is 4.79 Å². The molecule has 0 unspecified atom stereocenters. The lowest BCUT2D eigenvalue weighted by molar-refractivity contribution is 0.0470. The number of nitrogens with zero attached hydrogens (tertiary/aromatic N) is 1. The molecule has 1 saturated carbocycles. The van der Waals surface area contributed by atoms with Crippen molar-refractivity contribution in [3.8, 4) is 5.75 Å². The van der Waals surface area contributed by atoms with Crippen molar-refractivity contribution in [1.29, 1.82) is 0 Å². The molecular weight excluding hydrogens is 390 g/mol. The van der Waals surface area contributed by atoms with Gasteiger partial charge < -0.3 is 14.0 Å². The van der Waals surface area contributed by atoms with Crippen molar-refractivity contribution in [2.24, 2.45) is 0 Å². The first-order chi connectivity index (χ1) is 13.9. The van der Waals surface area contributed by atoms with E-state index in [-0.39, 0.29) is 23.6 Å². The molecular formula is C23H22ClNO4. The van der Waals surface area contributed by atoms with Gasteiger partial charge in [-0.2, -0.15) is 0 Å². The zero-order valence-electron chi connectivity index (χ0n) is 16.6. The minimum absolute atomic E-state index is 0.0167. The minimum Gasteiger partial charge on any atom is -0.497 e. The normalized spacial score (nSPS) is 13.5. The van der Waals surface area contributed by atoms with E-state index < -0.39 is 5.97 Å². The Bertz CT molecular complexity index is 1160. The molecule has 4 rings (SSSR count). The molecule has 0 aliphatic heterocycles. The van der Waals surface area contributed by atoms with E-state index in [2.05, 4.69) is 0 Å². The highest BCUT2D eigenvalue weighted by molar-refractivity contribution is 6.36. The SMILES string of the molecule is COc1ccc(COC(=O)c2cn(C3CC3)c3cc(C)c(C)c(Cl)c3c2=O)cc1. The van der Waals surface area contributed by atoms with E-state index in [0.29, 0.717) is 10.4 Å². The molecule has 2 aromatic carbocycles. The summed E-state index contributed by atoms with van der Waals surface area (Å²) in [6.07, 6.45) is 3.66. The van der Waals surface area contributed by atoms with Crippen molar-refractivity contribution in [3.05, 3.63) is 74.0 Å². The summed E-state index contributed by atoms with van der Waals surface area (Å²) in [5.41, 5.74) is 3.09. The molecule has 0 N–H and O–H groups in total. The van der Waals surface area contributed by atoms with E-state index in [4.69, 9.17) is 21.1 Å². The van der Waals surface area contributed by atoms with Gasteiger partial charge in [0, 0.05) is 12.2 Å².